The molecule has 0 unspecified atom stereocenters. The van der Waals surface area contributed by atoms with Crippen molar-refractivity contribution in [2.24, 2.45) is 5.73 Å². The number of benzene rings is 2. The monoisotopic (exact) mass is 401 g/mol. The molecule has 2 N–H and O–H groups in total. The standard InChI is InChI=1S/C20H23N3O4S/c1-22(16-7-3-2-4-8-16)28(26,27)17-12-10-15(11-13-17)20(25)23-14-6-5-9-18(23)19(21)24/h2-4,7-8,10-13,18H,5-6,9,14H2,1H3,(H2,21,24)/t18-/m0/s1. The Kier molecular flexibility index (Phi) is 5.69. The average Bonchev–Trinajstić information content (AvgIpc) is 2.73. The van der Waals surface area contributed by atoms with Gasteiger partial charge >= 0.3 is 0 Å². The number of carbonyl (C=O) groups excluding carboxylic acids is 2. The molecule has 0 aliphatic carbocycles. The zero-order valence-corrected chi connectivity index (χ0v) is 16.4. The summed E-state index contributed by atoms with van der Waals surface area (Å²) in [6, 6.07) is 13.9. The topological polar surface area (TPSA) is 101 Å². The van der Waals surface area contributed by atoms with Crippen molar-refractivity contribution in [3.8, 4) is 0 Å². The first-order valence-electron chi connectivity index (χ1n) is 9.06. The van der Waals surface area contributed by atoms with E-state index in [2.05, 4.69) is 0 Å². The number of carbonyl (C=O) groups is 2. The molecule has 0 saturated carbocycles. The van der Waals surface area contributed by atoms with Gasteiger partial charge in [0.1, 0.15) is 6.04 Å². The lowest BCUT2D eigenvalue weighted by Gasteiger charge is -2.33. The number of hydrogen-bond acceptors (Lipinski definition) is 4. The fourth-order valence-corrected chi connectivity index (χ4v) is 4.54. The number of para-hydroxylation sites is 1. The molecule has 2 amide bonds. The molecule has 8 heteroatoms. The van der Waals surface area contributed by atoms with Crippen LogP contribution in [0.25, 0.3) is 0 Å². The Morgan fingerprint density at radius 3 is 2.29 bits per heavy atom. The minimum atomic E-state index is -3.75. The lowest BCUT2D eigenvalue weighted by atomic mass is 10.0. The minimum absolute atomic E-state index is 0.0838. The molecule has 0 spiro atoms. The number of amides is 2. The molecule has 1 atom stereocenters. The normalized spacial score (nSPS) is 17.2. The van der Waals surface area contributed by atoms with Crippen LogP contribution in [-0.4, -0.2) is 44.8 Å². The number of primary amides is 1. The van der Waals surface area contributed by atoms with Crippen LogP contribution >= 0.6 is 0 Å². The Bertz CT molecular complexity index is 959. The number of piperidine rings is 1. The molecule has 1 fully saturated rings. The van der Waals surface area contributed by atoms with Crippen LogP contribution in [0.15, 0.2) is 59.5 Å². The Morgan fingerprint density at radius 2 is 1.68 bits per heavy atom. The highest BCUT2D eigenvalue weighted by atomic mass is 32.2. The summed E-state index contributed by atoms with van der Waals surface area (Å²) in [5.74, 6) is -0.833. The zero-order valence-electron chi connectivity index (χ0n) is 15.6. The van der Waals surface area contributed by atoms with Crippen LogP contribution in [0.2, 0.25) is 0 Å². The number of sulfonamides is 1. The van der Waals surface area contributed by atoms with Gasteiger partial charge in [-0.2, -0.15) is 0 Å². The summed E-state index contributed by atoms with van der Waals surface area (Å²) < 4.78 is 26.8. The number of likely N-dealkylation sites (tertiary alicyclic amines) is 1. The SMILES string of the molecule is CN(c1ccccc1)S(=O)(=O)c1ccc(C(=O)N2CCCC[C@H]2C(N)=O)cc1. The van der Waals surface area contributed by atoms with E-state index in [1.165, 1.54) is 40.5 Å². The number of nitrogens with zero attached hydrogens (tertiary/aromatic N) is 2. The van der Waals surface area contributed by atoms with Crippen molar-refractivity contribution in [2.75, 3.05) is 17.9 Å². The van der Waals surface area contributed by atoms with Crippen molar-refractivity contribution < 1.29 is 18.0 Å². The third-order valence-electron chi connectivity index (χ3n) is 4.97. The van der Waals surface area contributed by atoms with Gasteiger partial charge in [0, 0.05) is 19.2 Å². The zero-order chi connectivity index (χ0) is 20.3. The van der Waals surface area contributed by atoms with E-state index in [9.17, 15) is 18.0 Å². The Morgan fingerprint density at radius 1 is 1.04 bits per heavy atom. The van der Waals surface area contributed by atoms with Gasteiger partial charge in [-0.05, 0) is 55.7 Å². The molecule has 7 nitrogen and oxygen atoms in total. The van der Waals surface area contributed by atoms with Crippen molar-refractivity contribution in [1.82, 2.24) is 4.90 Å². The van der Waals surface area contributed by atoms with E-state index in [4.69, 9.17) is 5.73 Å². The van der Waals surface area contributed by atoms with Gasteiger partial charge in [0.05, 0.1) is 10.6 Å². The first kappa shape index (κ1) is 19.9. The summed E-state index contributed by atoms with van der Waals surface area (Å²) in [6.07, 6.45) is 2.21. The maximum Gasteiger partial charge on any atom is 0.264 e. The van der Waals surface area contributed by atoms with Crippen LogP contribution < -0.4 is 10.0 Å². The maximum absolute atomic E-state index is 12.8. The highest BCUT2D eigenvalue weighted by molar-refractivity contribution is 7.92. The van der Waals surface area contributed by atoms with Crippen LogP contribution in [0, 0.1) is 0 Å². The highest BCUT2D eigenvalue weighted by Gasteiger charge is 2.31. The van der Waals surface area contributed by atoms with Gasteiger partial charge in [0.15, 0.2) is 0 Å². The first-order valence-corrected chi connectivity index (χ1v) is 10.5. The van der Waals surface area contributed by atoms with Crippen LogP contribution in [0.4, 0.5) is 5.69 Å². The van der Waals surface area contributed by atoms with Crippen molar-refractivity contribution in [3.63, 3.8) is 0 Å². The van der Waals surface area contributed by atoms with Gasteiger partial charge < -0.3 is 10.6 Å². The fourth-order valence-electron chi connectivity index (χ4n) is 3.34. The van der Waals surface area contributed by atoms with Crippen LogP contribution in [0.3, 0.4) is 0 Å². The van der Waals surface area contributed by atoms with E-state index < -0.39 is 22.0 Å². The largest absolute Gasteiger partial charge is 0.368 e. The molecule has 3 rings (SSSR count). The van der Waals surface area contributed by atoms with Gasteiger partial charge in [-0.3, -0.25) is 13.9 Å². The van der Waals surface area contributed by atoms with Gasteiger partial charge in [-0.25, -0.2) is 8.42 Å². The fraction of sp³-hybridized carbons (Fsp3) is 0.300. The molecular formula is C20H23N3O4S. The molecule has 1 aliphatic rings. The molecule has 0 aromatic heterocycles. The summed E-state index contributed by atoms with van der Waals surface area (Å²) in [5.41, 5.74) is 6.30. The number of hydrogen-bond donors (Lipinski definition) is 1. The summed E-state index contributed by atoms with van der Waals surface area (Å²) in [6.45, 7) is 0.462. The maximum atomic E-state index is 12.8. The summed E-state index contributed by atoms with van der Waals surface area (Å²) >= 11 is 0. The molecule has 1 heterocycles. The van der Waals surface area contributed by atoms with Gasteiger partial charge in [0.2, 0.25) is 5.91 Å². The predicted molar refractivity (Wildman–Crippen MR) is 106 cm³/mol. The molecular weight excluding hydrogens is 378 g/mol. The number of anilines is 1. The predicted octanol–water partition coefficient (Wildman–Crippen LogP) is 1.99. The summed E-state index contributed by atoms with van der Waals surface area (Å²) in [7, 11) is -2.27. The second-order valence-electron chi connectivity index (χ2n) is 6.74. The quantitative estimate of drug-likeness (QED) is 0.828. The Balaban J connectivity index is 1.83. The molecule has 0 radical (unpaired) electrons. The number of nitrogens with two attached hydrogens (primary N) is 1. The summed E-state index contributed by atoms with van der Waals surface area (Å²) in [4.78, 5) is 26.0. The smallest absolute Gasteiger partial charge is 0.264 e. The second-order valence-corrected chi connectivity index (χ2v) is 8.71. The van der Waals surface area contributed by atoms with Crippen molar-refractivity contribution >= 4 is 27.5 Å². The molecule has 2 aromatic rings. The average molecular weight is 401 g/mol. The molecule has 1 saturated heterocycles. The van der Waals surface area contributed by atoms with E-state index in [0.717, 1.165) is 12.8 Å². The lowest BCUT2D eigenvalue weighted by Crippen LogP contribution is -2.50. The van der Waals surface area contributed by atoms with E-state index in [-0.39, 0.29) is 10.8 Å². The van der Waals surface area contributed by atoms with E-state index in [0.29, 0.717) is 24.2 Å². The van der Waals surface area contributed by atoms with Crippen LogP contribution in [-0.2, 0) is 14.8 Å². The van der Waals surface area contributed by atoms with Gasteiger partial charge in [-0.1, -0.05) is 18.2 Å². The van der Waals surface area contributed by atoms with Crippen LogP contribution in [0.5, 0.6) is 0 Å². The third kappa shape index (κ3) is 3.87. The number of rotatable bonds is 5. The molecule has 28 heavy (non-hydrogen) atoms. The summed E-state index contributed by atoms with van der Waals surface area (Å²) in [5, 5.41) is 0. The van der Waals surface area contributed by atoms with Crippen molar-refractivity contribution in [3.05, 3.63) is 60.2 Å². The van der Waals surface area contributed by atoms with E-state index in [1.54, 1.807) is 24.3 Å². The third-order valence-corrected chi connectivity index (χ3v) is 6.77. The molecule has 148 valence electrons. The van der Waals surface area contributed by atoms with E-state index >= 15 is 0 Å². The highest BCUT2D eigenvalue weighted by Crippen LogP contribution is 2.23. The molecule has 0 bridgehead atoms. The van der Waals surface area contributed by atoms with Crippen molar-refractivity contribution in [1.29, 1.82) is 0 Å². The first-order chi connectivity index (χ1) is 13.3. The van der Waals surface area contributed by atoms with E-state index in [1.807, 2.05) is 6.07 Å². The lowest BCUT2D eigenvalue weighted by molar-refractivity contribution is -0.123. The van der Waals surface area contributed by atoms with Crippen molar-refractivity contribution in [2.45, 2.75) is 30.2 Å². The Labute approximate surface area is 164 Å². The second kappa shape index (κ2) is 8.02. The van der Waals surface area contributed by atoms with Gasteiger partial charge in [0.25, 0.3) is 15.9 Å². The Hall–Kier alpha value is -2.87. The van der Waals surface area contributed by atoms with Gasteiger partial charge in [-0.15, -0.1) is 0 Å². The minimum Gasteiger partial charge on any atom is -0.368 e. The molecule has 1 aliphatic heterocycles. The van der Waals surface area contributed by atoms with Crippen LogP contribution in [0.1, 0.15) is 29.6 Å². The molecule has 2 aromatic carbocycles.